The van der Waals surface area contributed by atoms with Crippen LogP contribution in [0.3, 0.4) is 0 Å². The number of hydrogen-bond donors (Lipinski definition) is 0. The Balaban J connectivity index is 2.90. The Morgan fingerprint density at radius 3 is 2.20 bits per heavy atom. The van der Waals surface area contributed by atoms with E-state index in [9.17, 15) is 4.79 Å². The van der Waals surface area contributed by atoms with Gasteiger partial charge in [-0.2, -0.15) is 0 Å². The average Bonchev–Trinajstić information content (AvgIpc) is 2.11. The monoisotopic (exact) mass is 208 g/mol. The summed E-state index contributed by atoms with van der Waals surface area (Å²) in [5.74, 6) is 0.596. The maximum atomic E-state index is 11.2. The predicted molar refractivity (Wildman–Crippen MR) is 58.3 cm³/mol. The Bertz CT molecular complexity index is 346. The summed E-state index contributed by atoms with van der Waals surface area (Å²) in [7, 11) is 0. The van der Waals surface area contributed by atoms with Gasteiger partial charge >= 0.3 is 6.16 Å². The summed E-state index contributed by atoms with van der Waals surface area (Å²) in [5.41, 5.74) is 3.04. The van der Waals surface area contributed by atoms with E-state index in [2.05, 4.69) is 0 Å². The van der Waals surface area contributed by atoms with Crippen molar-refractivity contribution >= 4 is 6.16 Å². The zero-order chi connectivity index (χ0) is 11.4. The fourth-order valence-corrected chi connectivity index (χ4v) is 1.56. The maximum Gasteiger partial charge on any atom is 0.513 e. The first-order valence-corrected chi connectivity index (χ1v) is 4.97. The molecular weight excluding hydrogens is 192 g/mol. The lowest BCUT2D eigenvalue weighted by molar-refractivity contribution is 0.104. The van der Waals surface area contributed by atoms with E-state index in [4.69, 9.17) is 9.47 Å². The van der Waals surface area contributed by atoms with Crippen molar-refractivity contribution in [1.29, 1.82) is 0 Å². The van der Waals surface area contributed by atoms with Crippen LogP contribution in [0.2, 0.25) is 0 Å². The van der Waals surface area contributed by atoms with Gasteiger partial charge in [0.15, 0.2) is 0 Å². The number of hydrogen-bond acceptors (Lipinski definition) is 3. The summed E-state index contributed by atoms with van der Waals surface area (Å²) < 4.78 is 9.84. The van der Waals surface area contributed by atoms with Gasteiger partial charge in [-0.15, -0.1) is 0 Å². The third-order valence-electron chi connectivity index (χ3n) is 2.05. The highest BCUT2D eigenvalue weighted by atomic mass is 16.7. The smallest absolute Gasteiger partial charge is 0.434 e. The molecule has 0 amide bonds. The largest absolute Gasteiger partial charge is 0.513 e. The summed E-state index contributed by atoms with van der Waals surface area (Å²) >= 11 is 0. The van der Waals surface area contributed by atoms with Gasteiger partial charge in [0, 0.05) is 0 Å². The molecule has 0 bridgehead atoms. The van der Waals surface area contributed by atoms with Crippen LogP contribution in [0.4, 0.5) is 4.79 Å². The minimum Gasteiger partial charge on any atom is -0.434 e. The number of aryl methyl sites for hydroxylation is 3. The Hall–Kier alpha value is -1.51. The molecule has 0 N–H and O–H groups in total. The molecule has 0 atom stereocenters. The maximum absolute atomic E-state index is 11.2. The molecule has 0 spiro atoms. The second-order valence-electron chi connectivity index (χ2n) is 3.51. The van der Waals surface area contributed by atoms with Crippen LogP contribution in [0.1, 0.15) is 23.6 Å². The van der Waals surface area contributed by atoms with Gasteiger partial charge < -0.3 is 9.47 Å². The number of carbonyl (C=O) groups is 1. The number of ether oxygens (including phenoxy) is 2. The Morgan fingerprint density at radius 2 is 1.73 bits per heavy atom. The number of benzene rings is 1. The van der Waals surface area contributed by atoms with Gasteiger partial charge in [-0.3, -0.25) is 0 Å². The topological polar surface area (TPSA) is 35.5 Å². The van der Waals surface area contributed by atoms with Crippen molar-refractivity contribution in [1.82, 2.24) is 0 Å². The molecule has 0 radical (unpaired) electrons. The molecule has 0 fully saturated rings. The van der Waals surface area contributed by atoms with Gasteiger partial charge in [0.25, 0.3) is 0 Å². The molecule has 0 heterocycles. The van der Waals surface area contributed by atoms with E-state index in [0.29, 0.717) is 12.4 Å². The third-order valence-corrected chi connectivity index (χ3v) is 2.05. The predicted octanol–water partition coefficient (Wildman–Crippen LogP) is 3.15. The van der Waals surface area contributed by atoms with Crippen LogP contribution in [0.5, 0.6) is 5.75 Å². The summed E-state index contributed by atoms with van der Waals surface area (Å²) in [5, 5.41) is 0. The molecular formula is C12H16O3. The van der Waals surface area contributed by atoms with E-state index < -0.39 is 6.16 Å². The first-order chi connectivity index (χ1) is 7.04. The van der Waals surface area contributed by atoms with Crippen LogP contribution >= 0.6 is 0 Å². The fraction of sp³-hybridized carbons (Fsp3) is 0.417. The standard InChI is InChI=1S/C12H16O3/c1-5-14-12(13)15-11-9(3)6-8(2)7-10(11)4/h6-7H,5H2,1-4H3. The van der Waals surface area contributed by atoms with Crippen LogP contribution in [0, 0.1) is 20.8 Å². The van der Waals surface area contributed by atoms with Gasteiger partial charge in [-0.25, -0.2) is 4.79 Å². The van der Waals surface area contributed by atoms with Crippen LogP contribution in [0.25, 0.3) is 0 Å². The van der Waals surface area contributed by atoms with Gasteiger partial charge in [0.05, 0.1) is 6.61 Å². The van der Waals surface area contributed by atoms with Crippen LogP contribution < -0.4 is 4.74 Å². The summed E-state index contributed by atoms with van der Waals surface area (Å²) in [4.78, 5) is 11.2. The molecule has 0 aromatic heterocycles. The summed E-state index contributed by atoms with van der Waals surface area (Å²) in [6.07, 6.45) is -0.646. The average molecular weight is 208 g/mol. The zero-order valence-corrected chi connectivity index (χ0v) is 9.59. The van der Waals surface area contributed by atoms with E-state index in [1.807, 2.05) is 32.9 Å². The molecule has 3 heteroatoms. The lowest BCUT2D eigenvalue weighted by Crippen LogP contribution is -2.11. The van der Waals surface area contributed by atoms with E-state index in [-0.39, 0.29) is 0 Å². The zero-order valence-electron chi connectivity index (χ0n) is 9.59. The molecule has 3 nitrogen and oxygen atoms in total. The van der Waals surface area contributed by atoms with Crippen LogP contribution in [0.15, 0.2) is 12.1 Å². The van der Waals surface area contributed by atoms with E-state index in [1.165, 1.54) is 0 Å². The second-order valence-corrected chi connectivity index (χ2v) is 3.51. The normalized spacial score (nSPS) is 9.87. The fourth-order valence-electron chi connectivity index (χ4n) is 1.56. The van der Waals surface area contributed by atoms with Crippen molar-refractivity contribution in [2.24, 2.45) is 0 Å². The van der Waals surface area contributed by atoms with Gasteiger partial charge in [-0.1, -0.05) is 17.7 Å². The second kappa shape index (κ2) is 4.82. The molecule has 0 saturated heterocycles. The van der Waals surface area contributed by atoms with Crippen molar-refractivity contribution in [3.63, 3.8) is 0 Å². The van der Waals surface area contributed by atoms with Crippen LogP contribution in [-0.2, 0) is 4.74 Å². The van der Waals surface area contributed by atoms with Gasteiger partial charge in [-0.05, 0) is 38.8 Å². The van der Waals surface area contributed by atoms with Crippen molar-refractivity contribution in [2.45, 2.75) is 27.7 Å². The molecule has 82 valence electrons. The number of rotatable bonds is 2. The summed E-state index contributed by atoms with van der Waals surface area (Å²) in [6.45, 7) is 7.90. The molecule has 1 aromatic rings. The molecule has 0 unspecified atom stereocenters. The first kappa shape index (κ1) is 11.6. The minimum atomic E-state index is -0.646. The molecule has 0 saturated carbocycles. The summed E-state index contributed by atoms with van der Waals surface area (Å²) in [6, 6.07) is 3.95. The van der Waals surface area contributed by atoms with Gasteiger partial charge in [0.1, 0.15) is 5.75 Å². The molecule has 1 rings (SSSR count). The first-order valence-electron chi connectivity index (χ1n) is 4.97. The van der Waals surface area contributed by atoms with Crippen LogP contribution in [-0.4, -0.2) is 12.8 Å². The lowest BCUT2D eigenvalue weighted by atomic mass is 10.1. The van der Waals surface area contributed by atoms with E-state index in [1.54, 1.807) is 6.92 Å². The lowest BCUT2D eigenvalue weighted by Gasteiger charge is -2.10. The quantitative estimate of drug-likeness (QED) is 0.553. The Morgan fingerprint density at radius 1 is 1.20 bits per heavy atom. The molecule has 1 aromatic carbocycles. The molecule has 0 aliphatic heterocycles. The van der Waals surface area contributed by atoms with E-state index in [0.717, 1.165) is 16.7 Å². The van der Waals surface area contributed by atoms with Crippen molar-refractivity contribution in [3.8, 4) is 5.75 Å². The van der Waals surface area contributed by atoms with Gasteiger partial charge in [0.2, 0.25) is 0 Å². The molecule has 0 aliphatic rings. The van der Waals surface area contributed by atoms with E-state index >= 15 is 0 Å². The highest BCUT2D eigenvalue weighted by Crippen LogP contribution is 2.24. The van der Waals surface area contributed by atoms with Crippen molar-refractivity contribution in [2.75, 3.05) is 6.61 Å². The number of carbonyl (C=O) groups excluding carboxylic acids is 1. The van der Waals surface area contributed by atoms with Crippen molar-refractivity contribution < 1.29 is 14.3 Å². The third kappa shape index (κ3) is 2.98. The Kier molecular flexibility index (Phi) is 3.72. The van der Waals surface area contributed by atoms with Crippen molar-refractivity contribution in [3.05, 3.63) is 28.8 Å². The minimum absolute atomic E-state index is 0.322. The highest BCUT2D eigenvalue weighted by molar-refractivity contribution is 5.65. The Labute approximate surface area is 90.0 Å². The molecule has 0 aliphatic carbocycles. The SMILES string of the molecule is CCOC(=O)Oc1c(C)cc(C)cc1C. The molecule has 15 heavy (non-hydrogen) atoms. The highest BCUT2D eigenvalue weighted by Gasteiger charge is 2.10.